The van der Waals surface area contributed by atoms with Gasteiger partial charge in [-0.1, -0.05) is 19.1 Å². The van der Waals surface area contributed by atoms with Crippen molar-refractivity contribution in [1.82, 2.24) is 9.97 Å². The van der Waals surface area contributed by atoms with Crippen LogP contribution in [0.5, 0.6) is 0 Å². The fraction of sp³-hybridized carbons (Fsp3) is 0.312. The molecule has 0 bridgehead atoms. The average molecular weight is 285 g/mol. The third-order valence-corrected chi connectivity index (χ3v) is 3.02. The average Bonchev–Trinajstić information content (AvgIpc) is 2.47. The number of anilines is 1. The molecule has 21 heavy (non-hydrogen) atoms. The lowest BCUT2D eigenvalue weighted by molar-refractivity contribution is 0.102. The first-order valence-corrected chi connectivity index (χ1v) is 6.86. The van der Waals surface area contributed by atoms with Crippen molar-refractivity contribution in [2.75, 3.05) is 12.4 Å². The van der Waals surface area contributed by atoms with Gasteiger partial charge in [-0.2, -0.15) is 0 Å². The van der Waals surface area contributed by atoms with Gasteiger partial charge in [-0.15, -0.1) is 0 Å². The minimum Gasteiger partial charge on any atom is -0.380 e. The van der Waals surface area contributed by atoms with Crippen molar-refractivity contribution in [2.24, 2.45) is 0 Å². The summed E-state index contributed by atoms with van der Waals surface area (Å²) >= 11 is 0. The first kappa shape index (κ1) is 15.1. The molecule has 0 aliphatic rings. The smallest absolute Gasteiger partial charge is 0.256 e. The van der Waals surface area contributed by atoms with Crippen molar-refractivity contribution in [2.45, 2.75) is 26.9 Å². The summed E-state index contributed by atoms with van der Waals surface area (Å²) in [6, 6.07) is 9.10. The van der Waals surface area contributed by atoms with Crippen molar-refractivity contribution in [3.05, 3.63) is 53.0 Å². The molecule has 1 amide bonds. The van der Waals surface area contributed by atoms with Crippen molar-refractivity contribution in [1.29, 1.82) is 0 Å². The highest BCUT2D eigenvalue weighted by molar-refractivity contribution is 6.03. The minimum atomic E-state index is -0.181. The molecule has 5 nitrogen and oxygen atoms in total. The molecule has 0 atom stereocenters. The second kappa shape index (κ2) is 6.95. The zero-order chi connectivity index (χ0) is 15.2. The fourth-order valence-corrected chi connectivity index (χ4v) is 1.98. The molecule has 0 unspecified atom stereocenters. The molecule has 0 spiro atoms. The Bertz CT molecular complexity index is 624. The second-order valence-corrected chi connectivity index (χ2v) is 4.73. The predicted molar refractivity (Wildman–Crippen MR) is 81.3 cm³/mol. The molecular formula is C16H19N3O2. The second-order valence-electron chi connectivity index (χ2n) is 4.73. The van der Waals surface area contributed by atoms with Gasteiger partial charge in [0.05, 0.1) is 6.61 Å². The Morgan fingerprint density at radius 1 is 1.24 bits per heavy atom. The summed E-state index contributed by atoms with van der Waals surface area (Å²) < 4.78 is 5.05. The first-order chi connectivity index (χ1) is 10.1. The Morgan fingerprint density at radius 3 is 2.57 bits per heavy atom. The van der Waals surface area contributed by atoms with Crippen LogP contribution in [-0.4, -0.2) is 23.0 Å². The zero-order valence-electron chi connectivity index (χ0n) is 12.5. The molecule has 1 aromatic heterocycles. The lowest BCUT2D eigenvalue weighted by Crippen LogP contribution is -2.14. The maximum atomic E-state index is 12.2. The van der Waals surface area contributed by atoms with E-state index in [0.29, 0.717) is 23.8 Å². The topological polar surface area (TPSA) is 64.1 Å². The number of aryl methyl sites for hydroxylation is 2. The number of nitrogens with zero attached hydrogens (tertiary/aromatic N) is 2. The van der Waals surface area contributed by atoms with Gasteiger partial charge in [0.1, 0.15) is 11.6 Å². The molecule has 1 heterocycles. The summed E-state index contributed by atoms with van der Waals surface area (Å²) in [5.41, 5.74) is 2.53. The van der Waals surface area contributed by atoms with E-state index >= 15 is 0 Å². The summed E-state index contributed by atoms with van der Waals surface area (Å²) in [6.07, 6.45) is 0.804. The molecule has 2 aromatic rings. The number of hydrogen-bond acceptors (Lipinski definition) is 4. The third-order valence-electron chi connectivity index (χ3n) is 3.02. The van der Waals surface area contributed by atoms with Crippen LogP contribution >= 0.6 is 0 Å². The number of rotatable bonds is 5. The van der Waals surface area contributed by atoms with E-state index in [-0.39, 0.29) is 5.91 Å². The van der Waals surface area contributed by atoms with Crippen LogP contribution in [0.1, 0.15) is 34.4 Å². The summed E-state index contributed by atoms with van der Waals surface area (Å²) in [6.45, 7) is 4.36. The van der Waals surface area contributed by atoms with Crippen LogP contribution in [-0.2, 0) is 17.8 Å². The molecule has 0 saturated heterocycles. The van der Waals surface area contributed by atoms with Gasteiger partial charge in [-0.3, -0.25) is 4.79 Å². The number of benzene rings is 1. The van der Waals surface area contributed by atoms with Gasteiger partial charge >= 0.3 is 0 Å². The van der Waals surface area contributed by atoms with E-state index < -0.39 is 0 Å². The summed E-state index contributed by atoms with van der Waals surface area (Å²) in [5, 5.41) is 2.80. The highest BCUT2D eigenvalue weighted by Gasteiger charge is 2.08. The van der Waals surface area contributed by atoms with Crippen LogP contribution < -0.4 is 5.32 Å². The molecule has 2 rings (SSSR count). The Balaban J connectivity index is 2.12. The van der Waals surface area contributed by atoms with Crippen LogP contribution in [0.15, 0.2) is 30.3 Å². The number of amides is 1. The van der Waals surface area contributed by atoms with Crippen molar-refractivity contribution < 1.29 is 9.53 Å². The van der Waals surface area contributed by atoms with Gasteiger partial charge < -0.3 is 10.1 Å². The Hall–Kier alpha value is -2.27. The molecular weight excluding hydrogens is 266 g/mol. The van der Waals surface area contributed by atoms with Crippen LogP contribution in [0, 0.1) is 6.92 Å². The summed E-state index contributed by atoms with van der Waals surface area (Å²) in [5.74, 6) is 1.00. The SMILES string of the molecule is CCc1cc(NC(=O)c2ccc(COC)cc2)nc(C)n1. The first-order valence-electron chi connectivity index (χ1n) is 6.86. The van der Waals surface area contributed by atoms with E-state index in [0.717, 1.165) is 17.7 Å². The highest BCUT2D eigenvalue weighted by Crippen LogP contribution is 2.11. The lowest BCUT2D eigenvalue weighted by Gasteiger charge is -2.07. The van der Waals surface area contributed by atoms with Crippen molar-refractivity contribution >= 4 is 11.7 Å². The normalized spacial score (nSPS) is 10.4. The lowest BCUT2D eigenvalue weighted by atomic mass is 10.1. The highest BCUT2D eigenvalue weighted by atomic mass is 16.5. The van der Waals surface area contributed by atoms with Gasteiger partial charge in [-0.05, 0) is 31.0 Å². The number of methoxy groups -OCH3 is 1. The number of nitrogens with one attached hydrogen (secondary N) is 1. The fourth-order valence-electron chi connectivity index (χ4n) is 1.98. The standard InChI is InChI=1S/C16H19N3O2/c1-4-14-9-15(18-11(2)17-14)19-16(20)13-7-5-12(6-8-13)10-21-3/h5-9H,4,10H2,1-3H3,(H,17,18,19,20). The van der Waals surface area contributed by atoms with E-state index in [4.69, 9.17) is 4.74 Å². The van der Waals surface area contributed by atoms with Crippen molar-refractivity contribution in [3.63, 3.8) is 0 Å². The van der Waals surface area contributed by atoms with E-state index in [1.54, 1.807) is 25.3 Å². The van der Waals surface area contributed by atoms with E-state index in [1.807, 2.05) is 26.0 Å². The molecule has 110 valence electrons. The van der Waals surface area contributed by atoms with Crippen LogP contribution in [0.2, 0.25) is 0 Å². The third kappa shape index (κ3) is 4.10. The largest absolute Gasteiger partial charge is 0.380 e. The number of hydrogen-bond donors (Lipinski definition) is 1. The van der Waals surface area contributed by atoms with Gasteiger partial charge in [0.2, 0.25) is 0 Å². The molecule has 0 fully saturated rings. The Labute approximate surface area is 124 Å². The zero-order valence-corrected chi connectivity index (χ0v) is 12.5. The van der Waals surface area contributed by atoms with E-state index in [2.05, 4.69) is 15.3 Å². The number of aromatic nitrogens is 2. The van der Waals surface area contributed by atoms with Gasteiger partial charge in [0.25, 0.3) is 5.91 Å². The molecule has 5 heteroatoms. The maximum absolute atomic E-state index is 12.2. The molecule has 0 aliphatic heterocycles. The number of carbonyl (C=O) groups is 1. The molecule has 0 radical (unpaired) electrons. The minimum absolute atomic E-state index is 0.181. The van der Waals surface area contributed by atoms with Gasteiger partial charge in [0.15, 0.2) is 0 Å². The summed E-state index contributed by atoms with van der Waals surface area (Å²) in [7, 11) is 1.64. The van der Waals surface area contributed by atoms with Crippen LogP contribution in [0.25, 0.3) is 0 Å². The van der Waals surface area contributed by atoms with Gasteiger partial charge in [-0.25, -0.2) is 9.97 Å². The molecule has 0 saturated carbocycles. The maximum Gasteiger partial charge on any atom is 0.256 e. The number of ether oxygens (including phenoxy) is 1. The Morgan fingerprint density at radius 2 is 1.95 bits per heavy atom. The van der Waals surface area contributed by atoms with Crippen LogP contribution in [0.4, 0.5) is 5.82 Å². The summed E-state index contributed by atoms with van der Waals surface area (Å²) in [4.78, 5) is 20.7. The quantitative estimate of drug-likeness (QED) is 0.917. The molecule has 0 aliphatic carbocycles. The molecule has 1 aromatic carbocycles. The van der Waals surface area contributed by atoms with Crippen molar-refractivity contribution in [3.8, 4) is 0 Å². The van der Waals surface area contributed by atoms with E-state index in [1.165, 1.54) is 0 Å². The predicted octanol–water partition coefficient (Wildman–Crippen LogP) is 2.75. The van der Waals surface area contributed by atoms with Crippen LogP contribution in [0.3, 0.4) is 0 Å². The Kier molecular flexibility index (Phi) is 5.00. The van der Waals surface area contributed by atoms with Gasteiger partial charge in [0, 0.05) is 24.4 Å². The monoisotopic (exact) mass is 285 g/mol. The number of carbonyl (C=O) groups excluding carboxylic acids is 1. The van der Waals surface area contributed by atoms with E-state index in [9.17, 15) is 4.79 Å². The molecule has 1 N–H and O–H groups in total.